The number of halogens is 2. The summed E-state index contributed by atoms with van der Waals surface area (Å²) in [5.41, 5.74) is 3.14. The summed E-state index contributed by atoms with van der Waals surface area (Å²) in [6.07, 6.45) is 7.73. The third-order valence-corrected chi connectivity index (χ3v) is 3.85. The Morgan fingerprint density at radius 1 is 1.17 bits per heavy atom. The fourth-order valence-electron chi connectivity index (χ4n) is 2.36. The van der Waals surface area contributed by atoms with E-state index in [2.05, 4.69) is 15.0 Å². The molecule has 1 aliphatic rings. The van der Waals surface area contributed by atoms with Gasteiger partial charge < -0.3 is 0 Å². The maximum Gasteiger partial charge on any atom is 0.147 e. The van der Waals surface area contributed by atoms with Gasteiger partial charge in [-0.2, -0.15) is 0 Å². The van der Waals surface area contributed by atoms with Crippen molar-refractivity contribution in [1.82, 2.24) is 19.5 Å². The van der Waals surface area contributed by atoms with Crippen LogP contribution >= 0.6 is 23.2 Å². The first-order chi connectivity index (χ1) is 8.81. The van der Waals surface area contributed by atoms with Crippen LogP contribution in [0.3, 0.4) is 0 Å². The number of hydrogen-bond donors (Lipinski definition) is 0. The van der Waals surface area contributed by atoms with Gasteiger partial charge in [-0.3, -0.25) is 4.57 Å². The zero-order valence-corrected chi connectivity index (χ0v) is 11.2. The molecule has 2 aromatic rings. The Hall–Kier alpha value is -1.13. The van der Waals surface area contributed by atoms with Crippen LogP contribution in [0, 0.1) is 0 Å². The van der Waals surface area contributed by atoms with Gasteiger partial charge >= 0.3 is 0 Å². The van der Waals surface area contributed by atoms with Crippen LogP contribution in [0.25, 0.3) is 5.82 Å². The third kappa shape index (κ3) is 1.89. The number of aromatic nitrogens is 4. The van der Waals surface area contributed by atoms with Crippen molar-refractivity contribution in [2.45, 2.75) is 31.6 Å². The lowest BCUT2D eigenvalue weighted by molar-refractivity contribution is 0.653. The Bertz CT molecular complexity index is 579. The predicted molar refractivity (Wildman–Crippen MR) is 70.4 cm³/mol. The van der Waals surface area contributed by atoms with Crippen LogP contribution in [0.4, 0.5) is 0 Å². The molecule has 2 heterocycles. The van der Waals surface area contributed by atoms with Crippen molar-refractivity contribution >= 4 is 23.2 Å². The molecule has 2 aromatic heterocycles. The number of hydrogen-bond acceptors (Lipinski definition) is 3. The second kappa shape index (κ2) is 4.86. The van der Waals surface area contributed by atoms with Crippen molar-refractivity contribution in [2.24, 2.45) is 0 Å². The van der Waals surface area contributed by atoms with E-state index in [-0.39, 0.29) is 0 Å². The molecule has 0 bridgehead atoms. The first-order valence-corrected chi connectivity index (χ1v) is 6.83. The van der Waals surface area contributed by atoms with Crippen LogP contribution in [-0.4, -0.2) is 19.5 Å². The van der Waals surface area contributed by atoms with Crippen molar-refractivity contribution in [3.63, 3.8) is 0 Å². The van der Waals surface area contributed by atoms with E-state index in [1.807, 2.05) is 10.9 Å². The number of aryl methyl sites for hydroxylation is 1. The van der Waals surface area contributed by atoms with E-state index >= 15 is 0 Å². The van der Waals surface area contributed by atoms with E-state index in [9.17, 15) is 0 Å². The van der Waals surface area contributed by atoms with Gasteiger partial charge in [0.1, 0.15) is 23.6 Å². The maximum atomic E-state index is 6.06. The summed E-state index contributed by atoms with van der Waals surface area (Å²) in [7, 11) is 0. The molecule has 0 amide bonds. The number of nitrogens with zero attached hydrogens (tertiary/aromatic N) is 4. The molecule has 0 spiro atoms. The normalized spacial score (nSPS) is 14.6. The summed E-state index contributed by atoms with van der Waals surface area (Å²) in [4.78, 5) is 12.7. The second-order valence-corrected chi connectivity index (χ2v) is 4.94. The van der Waals surface area contributed by atoms with Gasteiger partial charge in [0.15, 0.2) is 0 Å². The van der Waals surface area contributed by atoms with Gasteiger partial charge in [0.05, 0.1) is 11.6 Å². The maximum absolute atomic E-state index is 6.06. The number of alkyl halides is 1. The smallest absolute Gasteiger partial charge is 0.147 e. The Labute approximate surface area is 115 Å². The summed E-state index contributed by atoms with van der Waals surface area (Å²) in [6.45, 7) is 0. The van der Waals surface area contributed by atoms with Crippen LogP contribution in [0.15, 0.2) is 12.7 Å². The summed E-state index contributed by atoms with van der Waals surface area (Å²) in [5, 5.41) is 0.410. The van der Waals surface area contributed by atoms with Gasteiger partial charge in [-0.1, -0.05) is 11.6 Å². The lowest BCUT2D eigenvalue weighted by Gasteiger charge is -2.15. The molecule has 0 aliphatic heterocycles. The minimum absolute atomic E-state index is 0.294. The van der Waals surface area contributed by atoms with E-state index in [0.717, 1.165) is 29.9 Å². The summed E-state index contributed by atoms with van der Waals surface area (Å²) in [6, 6.07) is 0. The molecular weight excluding hydrogens is 271 g/mol. The molecule has 0 unspecified atom stereocenters. The Morgan fingerprint density at radius 2 is 2.00 bits per heavy atom. The molecule has 18 heavy (non-hydrogen) atoms. The Morgan fingerprint density at radius 3 is 2.83 bits per heavy atom. The Kier molecular flexibility index (Phi) is 3.22. The molecule has 6 heteroatoms. The average molecular weight is 283 g/mol. The molecule has 4 nitrogen and oxygen atoms in total. The fraction of sp³-hybridized carbons (Fsp3) is 0.417. The second-order valence-electron chi connectivity index (χ2n) is 4.32. The highest BCUT2D eigenvalue weighted by Crippen LogP contribution is 2.26. The van der Waals surface area contributed by atoms with Crippen LogP contribution in [-0.2, 0) is 18.7 Å². The highest BCUT2D eigenvalue weighted by atomic mass is 35.5. The molecule has 0 atom stereocenters. The van der Waals surface area contributed by atoms with Crippen molar-refractivity contribution in [3.8, 4) is 5.82 Å². The first-order valence-electron chi connectivity index (χ1n) is 5.92. The standard InChI is InChI=1S/C12H12Cl2N4/c13-5-8-11(14)15-6-16-12(8)18-7-17-9-3-1-2-4-10(9)18/h6-7H,1-5H2. The van der Waals surface area contributed by atoms with Crippen molar-refractivity contribution in [3.05, 3.63) is 34.8 Å². The molecule has 3 rings (SSSR count). The van der Waals surface area contributed by atoms with Gasteiger partial charge in [-0.05, 0) is 25.7 Å². The minimum Gasteiger partial charge on any atom is -0.287 e. The van der Waals surface area contributed by atoms with E-state index in [1.54, 1.807) is 0 Å². The zero-order valence-electron chi connectivity index (χ0n) is 9.74. The van der Waals surface area contributed by atoms with E-state index in [1.165, 1.54) is 24.9 Å². The number of imidazole rings is 1. The van der Waals surface area contributed by atoms with Crippen LogP contribution < -0.4 is 0 Å². The molecule has 1 aliphatic carbocycles. The van der Waals surface area contributed by atoms with Crippen LogP contribution in [0.2, 0.25) is 5.15 Å². The monoisotopic (exact) mass is 282 g/mol. The predicted octanol–water partition coefficient (Wildman–Crippen LogP) is 2.93. The quantitative estimate of drug-likeness (QED) is 0.628. The van der Waals surface area contributed by atoms with Gasteiger partial charge in [0, 0.05) is 11.3 Å². The highest BCUT2D eigenvalue weighted by Gasteiger charge is 2.19. The van der Waals surface area contributed by atoms with Gasteiger partial charge in [0.2, 0.25) is 0 Å². The summed E-state index contributed by atoms with van der Waals surface area (Å²) >= 11 is 12.0. The summed E-state index contributed by atoms with van der Waals surface area (Å²) in [5.74, 6) is 1.04. The van der Waals surface area contributed by atoms with E-state index in [4.69, 9.17) is 23.2 Å². The lowest BCUT2D eigenvalue weighted by Crippen LogP contribution is -2.10. The molecule has 0 saturated carbocycles. The first kappa shape index (κ1) is 11.9. The fourth-order valence-corrected chi connectivity index (χ4v) is 2.87. The molecule has 0 aromatic carbocycles. The van der Waals surface area contributed by atoms with Crippen LogP contribution in [0.5, 0.6) is 0 Å². The van der Waals surface area contributed by atoms with E-state index in [0.29, 0.717) is 11.0 Å². The third-order valence-electron chi connectivity index (χ3n) is 3.26. The minimum atomic E-state index is 0.294. The van der Waals surface area contributed by atoms with Gasteiger partial charge in [-0.15, -0.1) is 11.6 Å². The molecule has 94 valence electrons. The molecule has 0 fully saturated rings. The molecular formula is C12H12Cl2N4. The SMILES string of the molecule is ClCc1c(Cl)ncnc1-n1cnc2c1CCCC2. The van der Waals surface area contributed by atoms with Gasteiger partial charge in [-0.25, -0.2) is 15.0 Å². The molecule has 0 saturated heterocycles. The van der Waals surface area contributed by atoms with Crippen molar-refractivity contribution < 1.29 is 0 Å². The van der Waals surface area contributed by atoms with E-state index < -0.39 is 0 Å². The summed E-state index contributed by atoms with van der Waals surface area (Å²) < 4.78 is 2.00. The van der Waals surface area contributed by atoms with Crippen molar-refractivity contribution in [1.29, 1.82) is 0 Å². The largest absolute Gasteiger partial charge is 0.287 e. The topological polar surface area (TPSA) is 43.6 Å². The average Bonchev–Trinajstić information content (AvgIpc) is 2.82. The van der Waals surface area contributed by atoms with Crippen LogP contribution in [0.1, 0.15) is 29.8 Å². The Balaban J connectivity index is 2.15. The number of fused-ring (bicyclic) bond motifs is 1. The zero-order chi connectivity index (χ0) is 12.5. The molecule has 0 N–H and O–H groups in total. The number of rotatable bonds is 2. The lowest BCUT2D eigenvalue weighted by atomic mass is 10.0. The van der Waals surface area contributed by atoms with Gasteiger partial charge in [0.25, 0.3) is 0 Å². The molecule has 0 radical (unpaired) electrons. The highest BCUT2D eigenvalue weighted by molar-refractivity contribution is 6.31. The van der Waals surface area contributed by atoms with Crippen molar-refractivity contribution in [2.75, 3.05) is 0 Å².